The van der Waals surface area contributed by atoms with Gasteiger partial charge in [-0.25, -0.2) is 4.79 Å². The van der Waals surface area contributed by atoms with Crippen LogP contribution in [0.25, 0.3) is 0 Å². The van der Waals surface area contributed by atoms with Crippen molar-refractivity contribution in [2.24, 2.45) is 0 Å². The number of nitrogens with zero attached hydrogens (tertiary/aromatic N) is 2. The van der Waals surface area contributed by atoms with Gasteiger partial charge >= 0.3 is 12.3 Å². The third-order valence-electron chi connectivity index (χ3n) is 2.95. The van der Waals surface area contributed by atoms with Crippen molar-refractivity contribution >= 4 is 6.09 Å². The van der Waals surface area contributed by atoms with Crippen LogP contribution in [-0.2, 0) is 6.18 Å². The summed E-state index contributed by atoms with van der Waals surface area (Å²) < 4.78 is 37.1. The molecule has 1 unspecified atom stereocenters. The minimum Gasteiger partial charge on any atom is -0.465 e. The molecule has 1 saturated heterocycles. The number of aromatic nitrogens is 1. The van der Waals surface area contributed by atoms with Crippen LogP contribution in [-0.4, -0.2) is 27.6 Å². The molecule has 2 heterocycles. The largest absolute Gasteiger partial charge is 0.465 e. The van der Waals surface area contributed by atoms with Crippen molar-refractivity contribution in [3.8, 4) is 0 Å². The van der Waals surface area contributed by atoms with Gasteiger partial charge < -0.3 is 5.11 Å². The highest BCUT2D eigenvalue weighted by Gasteiger charge is 2.33. The molecule has 98 valence electrons. The van der Waals surface area contributed by atoms with Crippen LogP contribution in [0.3, 0.4) is 0 Å². The van der Waals surface area contributed by atoms with E-state index in [0.717, 1.165) is 12.3 Å². The highest BCUT2D eigenvalue weighted by molar-refractivity contribution is 5.66. The summed E-state index contributed by atoms with van der Waals surface area (Å²) in [6.45, 7) is 0.392. The maximum atomic E-state index is 12.4. The molecule has 1 aliphatic rings. The van der Waals surface area contributed by atoms with E-state index in [2.05, 4.69) is 4.98 Å². The van der Waals surface area contributed by atoms with Crippen molar-refractivity contribution in [3.63, 3.8) is 0 Å². The van der Waals surface area contributed by atoms with Gasteiger partial charge in [0.05, 0.1) is 17.3 Å². The summed E-state index contributed by atoms with van der Waals surface area (Å²) in [5, 5.41) is 8.95. The predicted octanol–water partition coefficient (Wildman–Crippen LogP) is 2.92. The first-order chi connectivity index (χ1) is 8.39. The number of carboxylic acid groups (broad SMARTS) is 1. The number of hydrogen-bond acceptors (Lipinski definition) is 2. The Kier molecular flexibility index (Phi) is 3.14. The predicted molar refractivity (Wildman–Crippen MR) is 55.9 cm³/mol. The molecule has 1 aliphatic heterocycles. The Morgan fingerprint density at radius 3 is 2.67 bits per heavy atom. The van der Waals surface area contributed by atoms with Crippen molar-refractivity contribution in [1.82, 2.24) is 9.88 Å². The van der Waals surface area contributed by atoms with E-state index in [1.807, 2.05) is 0 Å². The number of hydrogen-bond donors (Lipinski definition) is 1. The van der Waals surface area contributed by atoms with Crippen molar-refractivity contribution in [2.75, 3.05) is 6.54 Å². The van der Waals surface area contributed by atoms with Gasteiger partial charge in [0.15, 0.2) is 0 Å². The Hall–Kier alpha value is -1.79. The summed E-state index contributed by atoms with van der Waals surface area (Å²) in [5.74, 6) is 0. The van der Waals surface area contributed by atoms with E-state index in [9.17, 15) is 18.0 Å². The van der Waals surface area contributed by atoms with E-state index >= 15 is 0 Å². The highest BCUT2D eigenvalue weighted by Crippen LogP contribution is 2.33. The van der Waals surface area contributed by atoms with Gasteiger partial charge in [-0.3, -0.25) is 9.88 Å². The molecule has 1 N–H and O–H groups in total. The van der Waals surface area contributed by atoms with Gasteiger partial charge in [-0.05, 0) is 25.0 Å². The zero-order valence-electron chi connectivity index (χ0n) is 9.31. The molecule has 0 aliphatic carbocycles. The van der Waals surface area contributed by atoms with Crippen LogP contribution in [0.2, 0.25) is 0 Å². The van der Waals surface area contributed by atoms with E-state index in [-0.39, 0.29) is 0 Å². The van der Waals surface area contributed by atoms with Crippen molar-refractivity contribution < 1.29 is 23.1 Å². The van der Waals surface area contributed by atoms with Gasteiger partial charge in [0.2, 0.25) is 0 Å². The second-order valence-electron chi connectivity index (χ2n) is 4.10. The van der Waals surface area contributed by atoms with Crippen LogP contribution in [0.4, 0.5) is 18.0 Å². The summed E-state index contributed by atoms with van der Waals surface area (Å²) in [6.07, 6.45) is -3.47. The lowest BCUT2D eigenvalue weighted by atomic mass is 10.1. The summed E-state index contributed by atoms with van der Waals surface area (Å²) in [6, 6.07) is 1.74. The Morgan fingerprint density at radius 1 is 1.44 bits per heavy atom. The second kappa shape index (κ2) is 4.47. The minimum atomic E-state index is -4.42. The Bertz CT molecular complexity index is 445. The Balaban J connectivity index is 2.22. The maximum Gasteiger partial charge on any atom is 0.417 e. The van der Waals surface area contributed by atoms with Crippen molar-refractivity contribution in [3.05, 3.63) is 29.6 Å². The second-order valence-corrected chi connectivity index (χ2v) is 4.10. The molecule has 0 radical (unpaired) electrons. The van der Waals surface area contributed by atoms with Crippen LogP contribution < -0.4 is 0 Å². The Labute approximate surface area is 101 Å². The summed E-state index contributed by atoms with van der Waals surface area (Å²) >= 11 is 0. The van der Waals surface area contributed by atoms with Crippen molar-refractivity contribution in [1.29, 1.82) is 0 Å². The van der Waals surface area contributed by atoms with Crippen molar-refractivity contribution in [2.45, 2.75) is 25.1 Å². The third kappa shape index (κ3) is 2.39. The number of pyridine rings is 1. The van der Waals surface area contributed by atoms with Crippen LogP contribution >= 0.6 is 0 Å². The molecule has 1 atom stereocenters. The monoisotopic (exact) mass is 260 g/mol. The highest BCUT2D eigenvalue weighted by atomic mass is 19.4. The van der Waals surface area contributed by atoms with E-state index in [1.54, 1.807) is 0 Å². The van der Waals surface area contributed by atoms with Gasteiger partial charge in [0.1, 0.15) is 0 Å². The molecule has 1 aromatic rings. The van der Waals surface area contributed by atoms with Crippen LogP contribution in [0.1, 0.15) is 30.1 Å². The van der Waals surface area contributed by atoms with Gasteiger partial charge in [-0.1, -0.05) is 0 Å². The topological polar surface area (TPSA) is 53.4 Å². The molecule has 0 bridgehead atoms. The maximum absolute atomic E-state index is 12.4. The van der Waals surface area contributed by atoms with Crippen LogP contribution in [0, 0.1) is 0 Å². The normalized spacial score (nSPS) is 20.2. The van der Waals surface area contributed by atoms with Gasteiger partial charge in [0.25, 0.3) is 0 Å². The fourth-order valence-electron chi connectivity index (χ4n) is 2.07. The zero-order chi connectivity index (χ0) is 13.3. The lowest BCUT2D eigenvalue weighted by molar-refractivity contribution is -0.137. The zero-order valence-corrected chi connectivity index (χ0v) is 9.31. The number of alkyl halides is 3. The van der Waals surface area contributed by atoms with Gasteiger partial charge in [-0.15, -0.1) is 0 Å². The molecule has 0 spiro atoms. The summed E-state index contributed by atoms with van der Waals surface area (Å²) in [7, 11) is 0. The summed E-state index contributed by atoms with van der Waals surface area (Å²) in [4.78, 5) is 15.9. The number of halogens is 3. The average Bonchev–Trinajstić information content (AvgIpc) is 2.77. The number of carbonyl (C=O) groups is 1. The smallest absolute Gasteiger partial charge is 0.417 e. The molecule has 1 aromatic heterocycles. The van der Waals surface area contributed by atoms with E-state index in [0.29, 0.717) is 25.1 Å². The quantitative estimate of drug-likeness (QED) is 0.844. The van der Waals surface area contributed by atoms with E-state index in [4.69, 9.17) is 5.11 Å². The lowest BCUT2D eigenvalue weighted by Gasteiger charge is -2.21. The molecular weight excluding hydrogens is 249 g/mol. The SMILES string of the molecule is O=C(O)N1CCCC1c1ccc(C(F)(F)F)cn1. The first-order valence-corrected chi connectivity index (χ1v) is 5.42. The lowest BCUT2D eigenvalue weighted by Crippen LogP contribution is -2.29. The fourth-order valence-corrected chi connectivity index (χ4v) is 2.07. The fraction of sp³-hybridized carbons (Fsp3) is 0.455. The number of rotatable bonds is 1. The molecule has 7 heteroatoms. The summed E-state index contributed by atoms with van der Waals surface area (Å²) in [5.41, 5.74) is -0.464. The first-order valence-electron chi connectivity index (χ1n) is 5.42. The minimum absolute atomic E-state index is 0.364. The Morgan fingerprint density at radius 2 is 2.17 bits per heavy atom. The molecule has 18 heavy (non-hydrogen) atoms. The molecule has 0 aromatic carbocycles. The average molecular weight is 260 g/mol. The standard InChI is InChI=1S/C11H11F3N2O2/c12-11(13,14)7-3-4-8(15-6-7)9-2-1-5-16(9)10(17)18/h3-4,6,9H,1-2,5H2,(H,17,18). The van der Waals surface area contributed by atoms with Gasteiger partial charge in [0, 0.05) is 12.7 Å². The van der Waals surface area contributed by atoms with Crippen LogP contribution in [0.5, 0.6) is 0 Å². The van der Waals surface area contributed by atoms with Gasteiger partial charge in [-0.2, -0.15) is 13.2 Å². The van der Waals surface area contributed by atoms with E-state index in [1.165, 1.54) is 11.0 Å². The van der Waals surface area contributed by atoms with Crippen LogP contribution in [0.15, 0.2) is 18.3 Å². The first kappa shape index (κ1) is 12.7. The number of amides is 1. The molecule has 4 nitrogen and oxygen atoms in total. The molecule has 1 amide bonds. The molecular formula is C11H11F3N2O2. The van der Waals surface area contributed by atoms with E-state index < -0.39 is 23.9 Å². The molecule has 0 saturated carbocycles. The molecule has 1 fully saturated rings. The number of likely N-dealkylation sites (tertiary alicyclic amines) is 1. The third-order valence-corrected chi connectivity index (χ3v) is 2.95. The molecule has 2 rings (SSSR count).